The third-order valence-corrected chi connectivity index (χ3v) is 4.64. The summed E-state index contributed by atoms with van der Waals surface area (Å²) >= 11 is 1.89. The highest BCUT2D eigenvalue weighted by atomic mass is 32.2. The van der Waals surface area contributed by atoms with Crippen molar-refractivity contribution >= 4 is 23.6 Å². The number of methoxy groups -OCH3 is 1. The van der Waals surface area contributed by atoms with Gasteiger partial charge in [0.15, 0.2) is 0 Å². The van der Waals surface area contributed by atoms with Gasteiger partial charge in [0.05, 0.1) is 12.5 Å². The molecular formula is C12H20N2O3S. The van der Waals surface area contributed by atoms with Gasteiger partial charge in [-0.05, 0) is 12.2 Å². The number of thioether (sulfide) groups is 1. The second-order valence-corrected chi connectivity index (χ2v) is 5.90. The average molecular weight is 272 g/mol. The Bertz CT molecular complexity index is 318. The summed E-state index contributed by atoms with van der Waals surface area (Å²) in [6.45, 7) is 1.67. The van der Waals surface area contributed by atoms with E-state index in [1.807, 2.05) is 16.7 Å². The first-order valence-corrected chi connectivity index (χ1v) is 7.51. The van der Waals surface area contributed by atoms with E-state index in [9.17, 15) is 9.59 Å². The van der Waals surface area contributed by atoms with Gasteiger partial charge in [0.25, 0.3) is 0 Å². The molecule has 102 valence electrons. The van der Waals surface area contributed by atoms with E-state index in [0.29, 0.717) is 32.2 Å². The number of ether oxygens (including phenoxy) is 1. The number of rotatable bonds is 5. The molecule has 2 atom stereocenters. The van der Waals surface area contributed by atoms with E-state index in [1.54, 1.807) is 7.11 Å². The molecule has 6 heteroatoms. The molecule has 0 aliphatic carbocycles. The minimum Gasteiger partial charge on any atom is -0.383 e. The Morgan fingerprint density at radius 1 is 1.61 bits per heavy atom. The van der Waals surface area contributed by atoms with E-state index < -0.39 is 0 Å². The second kappa shape index (κ2) is 6.43. The highest BCUT2D eigenvalue weighted by molar-refractivity contribution is 7.99. The molecule has 2 aliphatic heterocycles. The van der Waals surface area contributed by atoms with Gasteiger partial charge in [0.2, 0.25) is 11.8 Å². The van der Waals surface area contributed by atoms with E-state index >= 15 is 0 Å². The minimum absolute atomic E-state index is 0.0131. The molecule has 2 fully saturated rings. The molecule has 0 aromatic heterocycles. The molecule has 2 saturated heterocycles. The summed E-state index contributed by atoms with van der Waals surface area (Å²) < 4.78 is 5.08. The van der Waals surface area contributed by atoms with Crippen LogP contribution in [0.5, 0.6) is 0 Å². The van der Waals surface area contributed by atoms with Gasteiger partial charge >= 0.3 is 0 Å². The van der Waals surface area contributed by atoms with Crippen molar-refractivity contribution in [2.24, 2.45) is 5.92 Å². The van der Waals surface area contributed by atoms with Crippen molar-refractivity contribution < 1.29 is 14.3 Å². The molecule has 0 radical (unpaired) electrons. The van der Waals surface area contributed by atoms with Crippen molar-refractivity contribution in [2.45, 2.75) is 18.9 Å². The molecule has 0 bridgehead atoms. The van der Waals surface area contributed by atoms with E-state index in [-0.39, 0.29) is 17.7 Å². The topological polar surface area (TPSA) is 58.6 Å². The SMILES string of the molecule is COCCN(C(=O)C1CNC(=O)C1)C1CCSC1. The van der Waals surface area contributed by atoms with Gasteiger partial charge in [-0.1, -0.05) is 0 Å². The van der Waals surface area contributed by atoms with Crippen LogP contribution in [0.2, 0.25) is 0 Å². The first-order valence-electron chi connectivity index (χ1n) is 6.36. The van der Waals surface area contributed by atoms with Gasteiger partial charge in [-0.3, -0.25) is 9.59 Å². The highest BCUT2D eigenvalue weighted by Crippen LogP contribution is 2.24. The van der Waals surface area contributed by atoms with Crippen molar-refractivity contribution in [2.75, 3.05) is 38.3 Å². The lowest BCUT2D eigenvalue weighted by molar-refractivity contribution is -0.138. The second-order valence-electron chi connectivity index (χ2n) is 4.75. The zero-order valence-electron chi connectivity index (χ0n) is 10.7. The molecule has 0 aromatic rings. The van der Waals surface area contributed by atoms with Gasteiger partial charge in [-0.2, -0.15) is 11.8 Å². The first-order chi connectivity index (χ1) is 8.72. The fraction of sp³-hybridized carbons (Fsp3) is 0.833. The Kier molecular flexibility index (Phi) is 4.88. The zero-order valence-corrected chi connectivity index (χ0v) is 11.5. The van der Waals surface area contributed by atoms with Crippen LogP contribution in [-0.2, 0) is 14.3 Å². The molecule has 1 N–H and O–H groups in total. The van der Waals surface area contributed by atoms with Crippen molar-refractivity contribution in [1.82, 2.24) is 10.2 Å². The average Bonchev–Trinajstić information content (AvgIpc) is 3.00. The quantitative estimate of drug-likeness (QED) is 0.771. The van der Waals surface area contributed by atoms with Gasteiger partial charge in [-0.15, -0.1) is 0 Å². The zero-order chi connectivity index (χ0) is 13.0. The summed E-state index contributed by atoms with van der Waals surface area (Å²) in [6, 6.07) is 0.313. The summed E-state index contributed by atoms with van der Waals surface area (Å²) in [5, 5.41) is 2.73. The molecule has 18 heavy (non-hydrogen) atoms. The van der Waals surface area contributed by atoms with Crippen molar-refractivity contribution in [3.05, 3.63) is 0 Å². The number of nitrogens with zero attached hydrogens (tertiary/aromatic N) is 1. The van der Waals surface area contributed by atoms with Gasteiger partial charge in [0.1, 0.15) is 0 Å². The number of carbonyl (C=O) groups is 2. The summed E-state index contributed by atoms with van der Waals surface area (Å²) in [4.78, 5) is 25.6. The largest absolute Gasteiger partial charge is 0.383 e. The fourth-order valence-electron chi connectivity index (χ4n) is 2.44. The Balaban J connectivity index is 1.97. The summed E-state index contributed by atoms with van der Waals surface area (Å²) in [5.74, 6) is 2.03. The number of hydrogen-bond acceptors (Lipinski definition) is 4. The predicted octanol–water partition coefficient (Wildman–Crippen LogP) is 0.103. The van der Waals surface area contributed by atoms with Crippen LogP contribution >= 0.6 is 11.8 Å². The molecule has 0 spiro atoms. The number of nitrogens with one attached hydrogen (secondary N) is 1. The Morgan fingerprint density at radius 2 is 2.44 bits per heavy atom. The van der Waals surface area contributed by atoms with Crippen LogP contribution in [0.15, 0.2) is 0 Å². The molecule has 2 rings (SSSR count). The van der Waals surface area contributed by atoms with E-state index in [0.717, 1.165) is 17.9 Å². The molecule has 2 heterocycles. The maximum atomic E-state index is 12.5. The lowest BCUT2D eigenvalue weighted by Crippen LogP contribution is -2.45. The Hall–Kier alpha value is -0.750. The number of hydrogen-bond donors (Lipinski definition) is 1. The molecule has 2 amide bonds. The van der Waals surface area contributed by atoms with Crippen LogP contribution in [0.3, 0.4) is 0 Å². The van der Waals surface area contributed by atoms with Crippen LogP contribution < -0.4 is 5.32 Å². The molecule has 5 nitrogen and oxygen atoms in total. The lowest BCUT2D eigenvalue weighted by Gasteiger charge is -2.30. The van der Waals surface area contributed by atoms with Crippen molar-refractivity contribution in [1.29, 1.82) is 0 Å². The van der Waals surface area contributed by atoms with E-state index in [4.69, 9.17) is 4.74 Å². The predicted molar refractivity (Wildman–Crippen MR) is 70.4 cm³/mol. The lowest BCUT2D eigenvalue weighted by atomic mass is 10.1. The van der Waals surface area contributed by atoms with Gasteiger partial charge in [-0.25, -0.2) is 0 Å². The summed E-state index contributed by atoms with van der Waals surface area (Å²) in [5.41, 5.74) is 0. The number of amides is 2. The van der Waals surface area contributed by atoms with E-state index in [1.165, 1.54) is 0 Å². The van der Waals surface area contributed by atoms with Gasteiger partial charge < -0.3 is 15.0 Å². The Morgan fingerprint density at radius 3 is 3.00 bits per heavy atom. The number of carbonyl (C=O) groups excluding carboxylic acids is 2. The van der Waals surface area contributed by atoms with Gasteiger partial charge in [0, 0.05) is 38.4 Å². The summed E-state index contributed by atoms with van der Waals surface area (Å²) in [7, 11) is 1.65. The molecular weight excluding hydrogens is 252 g/mol. The van der Waals surface area contributed by atoms with Crippen molar-refractivity contribution in [3.8, 4) is 0 Å². The van der Waals surface area contributed by atoms with E-state index in [2.05, 4.69) is 5.32 Å². The smallest absolute Gasteiger partial charge is 0.228 e. The monoisotopic (exact) mass is 272 g/mol. The Labute approximate surface area is 112 Å². The standard InChI is InChI=1S/C12H20N2O3S/c1-17-4-3-14(10-2-5-18-8-10)12(16)9-6-11(15)13-7-9/h9-10H,2-8H2,1H3,(H,13,15). The third-order valence-electron chi connectivity index (χ3n) is 3.49. The molecule has 2 aliphatic rings. The fourth-order valence-corrected chi connectivity index (χ4v) is 3.67. The third kappa shape index (κ3) is 3.17. The maximum absolute atomic E-state index is 12.5. The normalized spacial score (nSPS) is 27.3. The van der Waals surface area contributed by atoms with Crippen molar-refractivity contribution in [3.63, 3.8) is 0 Å². The van der Waals surface area contributed by atoms with Crippen LogP contribution in [0.1, 0.15) is 12.8 Å². The van der Waals surface area contributed by atoms with Crippen LogP contribution in [0, 0.1) is 5.92 Å². The van der Waals surface area contributed by atoms with Crippen LogP contribution in [-0.4, -0.2) is 61.1 Å². The maximum Gasteiger partial charge on any atom is 0.228 e. The highest BCUT2D eigenvalue weighted by Gasteiger charge is 2.35. The summed E-state index contributed by atoms with van der Waals surface area (Å²) in [6.07, 6.45) is 1.39. The minimum atomic E-state index is -0.181. The molecule has 2 unspecified atom stereocenters. The van der Waals surface area contributed by atoms with Crippen LogP contribution in [0.4, 0.5) is 0 Å². The molecule has 0 aromatic carbocycles. The molecule has 0 saturated carbocycles. The first kappa shape index (κ1) is 13.7. The van der Waals surface area contributed by atoms with Crippen LogP contribution in [0.25, 0.3) is 0 Å².